The first kappa shape index (κ1) is 16.9. The van der Waals surface area contributed by atoms with Crippen LogP contribution in [-0.2, 0) is 14.6 Å². The number of ether oxygens (including phenoxy) is 1. The molecule has 25 heavy (non-hydrogen) atoms. The van der Waals surface area contributed by atoms with Gasteiger partial charge in [-0.05, 0) is 24.6 Å². The van der Waals surface area contributed by atoms with Gasteiger partial charge in [-0.1, -0.05) is 6.07 Å². The lowest BCUT2D eigenvalue weighted by Crippen LogP contribution is -2.09. The topological polar surface area (TPSA) is 117 Å². The second-order valence-corrected chi connectivity index (χ2v) is 7.60. The van der Waals surface area contributed by atoms with E-state index in [4.69, 9.17) is 5.73 Å². The average Bonchev–Trinajstić information content (AvgIpc) is 2.97. The van der Waals surface area contributed by atoms with Crippen LogP contribution in [0, 0.1) is 6.92 Å². The predicted octanol–water partition coefficient (Wildman–Crippen LogP) is 1.48. The number of benzene rings is 1. The number of rotatable bonds is 3. The minimum atomic E-state index is -3.36. The molecule has 2 aromatic heterocycles. The van der Waals surface area contributed by atoms with Gasteiger partial charge in [-0.15, -0.1) is 0 Å². The number of fused-ring (bicyclic) bond motifs is 1. The van der Waals surface area contributed by atoms with E-state index in [-0.39, 0.29) is 16.4 Å². The van der Waals surface area contributed by atoms with E-state index in [9.17, 15) is 13.2 Å². The molecule has 0 fully saturated rings. The van der Waals surface area contributed by atoms with Gasteiger partial charge >= 0.3 is 5.97 Å². The lowest BCUT2D eigenvalue weighted by Gasteiger charge is -2.09. The van der Waals surface area contributed by atoms with Crippen molar-refractivity contribution >= 4 is 27.3 Å². The van der Waals surface area contributed by atoms with Gasteiger partial charge in [-0.2, -0.15) is 0 Å². The van der Waals surface area contributed by atoms with Crippen LogP contribution in [0.1, 0.15) is 16.1 Å². The fraction of sp³-hybridized carbons (Fsp3) is 0.188. The molecule has 0 spiro atoms. The fourth-order valence-electron chi connectivity index (χ4n) is 2.52. The van der Waals surface area contributed by atoms with Crippen LogP contribution in [-0.4, -0.2) is 42.1 Å². The smallest absolute Gasteiger partial charge is 0.358 e. The van der Waals surface area contributed by atoms with Crippen LogP contribution in [0.3, 0.4) is 0 Å². The van der Waals surface area contributed by atoms with E-state index >= 15 is 0 Å². The zero-order valence-electron chi connectivity index (χ0n) is 13.8. The molecule has 0 saturated carbocycles. The number of nitrogen functional groups attached to an aromatic ring is 1. The zero-order valence-corrected chi connectivity index (χ0v) is 14.7. The highest BCUT2D eigenvalue weighted by Gasteiger charge is 2.17. The van der Waals surface area contributed by atoms with Crippen LogP contribution < -0.4 is 5.73 Å². The van der Waals surface area contributed by atoms with E-state index in [2.05, 4.69) is 14.7 Å². The standard InChI is InChI=1S/C16H16N4O4S/c1-9-4-5-10(25(3,22)23)6-11(9)13-7-18-15-14(17)19-12(8-20(13)15)16(21)24-2/h4-8H,1-3H3,(H2,17,19). The summed E-state index contributed by atoms with van der Waals surface area (Å²) in [6.45, 7) is 1.85. The second kappa shape index (κ2) is 5.85. The molecule has 9 heteroatoms. The summed E-state index contributed by atoms with van der Waals surface area (Å²) in [5.41, 5.74) is 8.39. The van der Waals surface area contributed by atoms with Gasteiger partial charge in [0.1, 0.15) is 0 Å². The second-order valence-electron chi connectivity index (χ2n) is 5.59. The van der Waals surface area contributed by atoms with E-state index in [0.717, 1.165) is 11.8 Å². The van der Waals surface area contributed by atoms with Gasteiger partial charge in [-0.3, -0.25) is 4.40 Å². The summed E-state index contributed by atoms with van der Waals surface area (Å²) in [5, 5.41) is 0. The number of sulfone groups is 1. The first-order valence-corrected chi connectivity index (χ1v) is 9.14. The van der Waals surface area contributed by atoms with Crippen LogP contribution in [0.25, 0.3) is 16.9 Å². The number of hydrogen-bond donors (Lipinski definition) is 1. The number of anilines is 1. The third-order valence-corrected chi connectivity index (χ3v) is 4.94. The largest absolute Gasteiger partial charge is 0.464 e. The predicted molar refractivity (Wildman–Crippen MR) is 92.0 cm³/mol. The number of aromatic nitrogens is 3. The number of nitrogens with zero attached hydrogens (tertiary/aromatic N) is 3. The van der Waals surface area contributed by atoms with Crippen molar-refractivity contribution in [1.29, 1.82) is 0 Å². The highest BCUT2D eigenvalue weighted by atomic mass is 32.2. The summed E-state index contributed by atoms with van der Waals surface area (Å²) >= 11 is 0. The molecule has 0 aliphatic rings. The van der Waals surface area contributed by atoms with Crippen molar-refractivity contribution in [3.8, 4) is 11.3 Å². The Bertz CT molecular complexity index is 1100. The quantitative estimate of drug-likeness (QED) is 0.703. The Morgan fingerprint density at radius 3 is 2.68 bits per heavy atom. The Kier molecular flexibility index (Phi) is 3.96. The summed E-state index contributed by atoms with van der Waals surface area (Å²) in [6, 6.07) is 4.84. The number of imidazole rings is 1. The maximum absolute atomic E-state index is 11.9. The Morgan fingerprint density at radius 1 is 1.32 bits per heavy atom. The van der Waals surface area contributed by atoms with Crippen molar-refractivity contribution in [3.05, 3.63) is 41.9 Å². The minimum Gasteiger partial charge on any atom is -0.464 e. The fourth-order valence-corrected chi connectivity index (χ4v) is 3.17. The number of carbonyl (C=O) groups is 1. The van der Waals surface area contributed by atoms with Crippen LogP contribution >= 0.6 is 0 Å². The van der Waals surface area contributed by atoms with Crippen molar-refractivity contribution in [2.75, 3.05) is 19.1 Å². The monoisotopic (exact) mass is 360 g/mol. The Morgan fingerprint density at radius 2 is 2.04 bits per heavy atom. The summed E-state index contributed by atoms with van der Waals surface area (Å²) in [5.74, 6) is -0.555. The lowest BCUT2D eigenvalue weighted by atomic mass is 10.1. The minimum absolute atomic E-state index is 0.0312. The van der Waals surface area contributed by atoms with Crippen LogP contribution in [0.4, 0.5) is 5.82 Å². The van der Waals surface area contributed by atoms with Crippen molar-refractivity contribution in [1.82, 2.24) is 14.4 Å². The molecule has 0 amide bonds. The Labute approximate surface area is 144 Å². The third kappa shape index (κ3) is 2.93. The van der Waals surface area contributed by atoms with Gasteiger partial charge in [0, 0.05) is 18.0 Å². The summed E-state index contributed by atoms with van der Waals surface area (Å²) in [7, 11) is -2.11. The average molecular weight is 360 g/mol. The number of carbonyl (C=O) groups excluding carboxylic acids is 1. The van der Waals surface area contributed by atoms with Gasteiger partial charge in [-0.25, -0.2) is 23.2 Å². The SMILES string of the molecule is COC(=O)c1cn2c(-c3cc(S(C)(=O)=O)ccc3C)cnc2c(N)n1. The van der Waals surface area contributed by atoms with E-state index in [0.29, 0.717) is 16.9 Å². The molecule has 0 saturated heterocycles. The van der Waals surface area contributed by atoms with Gasteiger partial charge in [0.05, 0.1) is 23.9 Å². The molecule has 0 atom stereocenters. The van der Waals surface area contributed by atoms with Gasteiger partial charge in [0.25, 0.3) is 0 Å². The number of aryl methyl sites for hydroxylation is 1. The van der Waals surface area contributed by atoms with E-state index in [1.807, 2.05) is 6.92 Å². The molecule has 0 bridgehead atoms. The molecular weight excluding hydrogens is 344 g/mol. The molecule has 0 aliphatic carbocycles. The summed E-state index contributed by atoms with van der Waals surface area (Å²) in [4.78, 5) is 20.2. The molecule has 0 aliphatic heterocycles. The van der Waals surface area contributed by atoms with E-state index < -0.39 is 15.8 Å². The molecule has 2 N–H and O–H groups in total. The molecule has 3 aromatic rings. The van der Waals surface area contributed by atoms with Gasteiger partial charge in [0.2, 0.25) is 0 Å². The van der Waals surface area contributed by atoms with Gasteiger partial charge < -0.3 is 10.5 Å². The highest BCUT2D eigenvalue weighted by molar-refractivity contribution is 7.90. The molecule has 8 nitrogen and oxygen atoms in total. The number of esters is 1. The molecule has 0 unspecified atom stereocenters. The Hall–Kier alpha value is -2.94. The molecule has 3 rings (SSSR count). The van der Waals surface area contributed by atoms with Crippen LogP contribution in [0.5, 0.6) is 0 Å². The molecule has 1 aromatic carbocycles. The summed E-state index contributed by atoms with van der Waals surface area (Å²) < 4.78 is 30.0. The maximum atomic E-state index is 11.9. The lowest BCUT2D eigenvalue weighted by molar-refractivity contribution is 0.0593. The van der Waals surface area contributed by atoms with Crippen molar-refractivity contribution < 1.29 is 17.9 Å². The van der Waals surface area contributed by atoms with Crippen molar-refractivity contribution in [2.45, 2.75) is 11.8 Å². The number of nitrogens with two attached hydrogens (primary N) is 1. The maximum Gasteiger partial charge on any atom is 0.358 e. The molecule has 2 heterocycles. The van der Waals surface area contributed by atoms with Crippen molar-refractivity contribution in [2.24, 2.45) is 0 Å². The Balaban J connectivity index is 2.30. The molecule has 130 valence electrons. The normalized spacial score (nSPS) is 11.6. The van der Waals surface area contributed by atoms with Crippen molar-refractivity contribution in [3.63, 3.8) is 0 Å². The molecular formula is C16H16N4O4S. The van der Waals surface area contributed by atoms with E-state index in [1.54, 1.807) is 28.8 Å². The summed E-state index contributed by atoms with van der Waals surface area (Å²) in [6.07, 6.45) is 4.17. The molecule has 0 radical (unpaired) electrons. The van der Waals surface area contributed by atoms with Crippen LogP contribution in [0.2, 0.25) is 0 Å². The first-order chi connectivity index (χ1) is 11.7. The first-order valence-electron chi connectivity index (χ1n) is 7.25. The number of hydrogen-bond acceptors (Lipinski definition) is 7. The zero-order chi connectivity index (χ0) is 18.4. The van der Waals surface area contributed by atoms with Gasteiger partial charge in [0.15, 0.2) is 27.0 Å². The van der Waals surface area contributed by atoms with E-state index in [1.165, 1.54) is 13.3 Å². The third-order valence-electron chi connectivity index (χ3n) is 3.83. The highest BCUT2D eigenvalue weighted by Crippen LogP contribution is 2.28. The van der Waals surface area contributed by atoms with Crippen LogP contribution in [0.15, 0.2) is 35.5 Å². The number of methoxy groups -OCH3 is 1.